The summed E-state index contributed by atoms with van der Waals surface area (Å²) in [5, 5.41) is 5.65. The van der Waals surface area contributed by atoms with Gasteiger partial charge in [-0.3, -0.25) is 9.59 Å². The Labute approximate surface area is 191 Å². The Morgan fingerprint density at radius 1 is 0.719 bits per heavy atom. The van der Waals surface area contributed by atoms with Gasteiger partial charge in [-0.2, -0.15) is 0 Å². The highest BCUT2D eigenvalue weighted by atomic mass is 16.5. The minimum atomic E-state index is -0.200. The highest BCUT2D eigenvalue weighted by Crippen LogP contribution is 2.15. The molecule has 2 N–H and O–H groups in total. The highest BCUT2D eigenvalue weighted by Gasteiger charge is 2.09. The molecule has 0 radical (unpaired) electrons. The lowest BCUT2D eigenvalue weighted by molar-refractivity contribution is 0.0927. The Hall–Kier alpha value is -3.02. The monoisotopic (exact) mass is 440 g/mol. The van der Waals surface area contributed by atoms with Crippen molar-refractivity contribution in [3.63, 3.8) is 0 Å². The average Bonchev–Trinajstić information content (AvgIpc) is 2.76. The van der Waals surface area contributed by atoms with Crippen molar-refractivity contribution < 1.29 is 19.1 Å². The molecule has 0 saturated heterocycles. The molecule has 2 aromatic carbocycles. The van der Waals surface area contributed by atoms with E-state index >= 15 is 0 Å². The maximum atomic E-state index is 12.4. The minimum absolute atomic E-state index is 0.200. The number of hydrogen-bond donors (Lipinski definition) is 2. The van der Waals surface area contributed by atoms with Gasteiger partial charge in [0.05, 0.1) is 13.2 Å². The highest BCUT2D eigenvalue weighted by molar-refractivity contribution is 5.95. The van der Waals surface area contributed by atoms with E-state index in [0.29, 0.717) is 60.8 Å². The zero-order valence-electron chi connectivity index (χ0n) is 19.6. The van der Waals surface area contributed by atoms with Crippen LogP contribution in [-0.4, -0.2) is 38.1 Å². The van der Waals surface area contributed by atoms with E-state index in [9.17, 15) is 9.59 Å². The van der Waals surface area contributed by atoms with E-state index in [1.54, 1.807) is 36.4 Å². The van der Waals surface area contributed by atoms with Crippen LogP contribution in [0.1, 0.15) is 61.3 Å². The molecule has 0 fully saturated rings. The number of nitrogens with one attached hydrogen (secondary N) is 2. The molecule has 6 heteroatoms. The Balaban J connectivity index is 1.75. The van der Waals surface area contributed by atoms with E-state index in [1.807, 2.05) is 12.1 Å². The number of benzene rings is 2. The molecule has 0 saturated carbocycles. The fourth-order valence-corrected chi connectivity index (χ4v) is 2.84. The van der Waals surface area contributed by atoms with Gasteiger partial charge in [0.1, 0.15) is 11.5 Å². The molecule has 0 bridgehead atoms. The van der Waals surface area contributed by atoms with Crippen LogP contribution in [0.15, 0.2) is 48.5 Å². The van der Waals surface area contributed by atoms with Crippen molar-refractivity contribution >= 4 is 11.8 Å². The van der Waals surface area contributed by atoms with E-state index < -0.39 is 0 Å². The van der Waals surface area contributed by atoms with Crippen LogP contribution < -0.4 is 20.1 Å². The number of amides is 2. The molecule has 0 aliphatic rings. The summed E-state index contributed by atoms with van der Waals surface area (Å²) in [5.41, 5.74) is 1.06. The summed E-state index contributed by atoms with van der Waals surface area (Å²) in [6, 6.07) is 14.3. The van der Waals surface area contributed by atoms with Crippen molar-refractivity contribution in [1.29, 1.82) is 0 Å². The predicted octanol–water partition coefficient (Wildman–Crippen LogP) is 4.70. The van der Waals surface area contributed by atoms with Crippen LogP contribution >= 0.6 is 0 Å². The topological polar surface area (TPSA) is 76.7 Å². The molecule has 0 atom stereocenters. The van der Waals surface area contributed by atoms with E-state index in [-0.39, 0.29) is 11.8 Å². The van der Waals surface area contributed by atoms with Gasteiger partial charge in [0, 0.05) is 24.2 Å². The molecule has 0 aliphatic carbocycles. The van der Waals surface area contributed by atoms with Crippen molar-refractivity contribution in [2.45, 2.75) is 40.5 Å². The van der Waals surface area contributed by atoms with Crippen LogP contribution in [0, 0.1) is 11.8 Å². The fourth-order valence-electron chi connectivity index (χ4n) is 2.84. The molecule has 0 unspecified atom stereocenters. The number of hydrogen-bond acceptors (Lipinski definition) is 4. The zero-order chi connectivity index (χ0) is 23.3. The second-order valence-electron chi connectivity index (χ2n) is 8.63. The first kappa shape index (κ1) is 25.2. The Morgan fingerprint density at radius 3 is 1.50 bits per heavy atom. The first-order valence-electron chi connectivity index (χ1n) is 11.4. The van der Waals surface area contributed by atoms with Crippen LogP contribution in [0.25, 0.3) is 0 Å². The van der Waals surface area contributed by atoms with E-state index in [1.165, 1.54) is 0 Å². The van der Waals surface area contributed by atoms with E-state index in [0.717, 1.165) is 12.8 Å². The number of carbonyl (C=O) groups is 2. The van der Waals surface area contributed by atoms with Crippen molar-refractivity contribution in [1.82, 2.24) is 10.6 Å². The van der Waals surface area contributed by atoms with Gasteiger partial charge in [0.25, 0.3) is 11.8 Å². The lowest BCUT2D eigenvalue weighted by Crippen LogP contribution is -2.34. The largest absolute Gasteiger partial charge is 0.494 e. The normalized spacial score (nSPS) is 10.8. The average molecular weight is 441 g/mol. The summed E-state index contributed by atoms with van der Waals surface area (Å²) in [7, 11) is 0. The standard InChI is InChI=1S/C26H36N2O4/c1-19(2)11-15-31-23-9-5-7-21(17-23)25(29)27-13-14-28-26(30)22-8-6-10-24(18-22)32-16-12-20(3)4/h5-10,17-20H,11-16H2,1-4H3,(H,27,29)(H,28,30). The Bertz CT molecular complexity index is 793. The lowest BCUT2D eigenvalue weighted by atomic mass is 10.1. The summed E-state index contributed by atoms with van der Waals surface area (Å²) in [6.07, 6.45) is 1.92. The predicted molar refractivity (Wildman–Crippen MR) is 127 cm³/mol. The van der Waals surface area contributed by atoms with Crippen LogP contribution in [0.2, 0.25) is 0 Å². The Morgan fingerprint density at radius 2 is 1.12 bits per heavy atom. The lowest BCUT2D eigenvalue weighted by Gasteiger charge is -2.11. The second kappa shape index (κ2) is 13.4. The molecule has 2 amide bonds. The molecule has 0 spiro atoms. The third-order valence-electron chi connectivity index (χ3n) is 4.82. The summed E-state index contributed by atoms with van der Waals surface area (Å²) >= 11 is 0. The third-order valence-corrected chi connectivity index (χ3v) is 4.82. The molecule has 2 rings (SSSR count). The molecule has 174 valence electrons. The minimum Gasteiger partial charge on any atom is -0.494 e. The summed E-state index contributed by atoms with van der Waals surface area (Å²) in [4.78, 5) is 24.8. The molecule has 0 heterocycles. The van der Waals surface area contributed by atoms with Gasteiger partial charge in [0.2, 0.25) is 0 Å². The van der Waals surface area contributed by atoms with Crippen LogP contribution in [0.3, 0.4) is 0 Å². The molecule has 32 heavy (non-hydrogen) atoms. The number of rotatable bonds is 13. The first-order chi connectivity index (χ1) is 15.3. The molecule has 6 nitrogen and oxygen atoms in total. The number of ether oxygens (including phenoxy) is 2. The van der Waals surface area contributed by atoms with E-state index in [2.05, 4.69) is 38.3 Å². The maximum absolute atomic E-state index is 12.4. The second-order valence-corrected chi connectivity index (χ2v) is 8.63. The van der Waals surface area contributed by atoms with E-state index in [4.69, 9.17) is 9.47 Å². The molecule has 0 aromatic heterocycles. The van der Waals surface area contributed by atoms with Crippen molar-refractivity contribution in [2.24, 2.45) is 11.8 Å². The molecular formula is C26H36N2O4. The van der Waals surface area contributed by atoms with Crippen molar-refractivity contribution in [3.05, 3.63) is 59.7 Å². The van der Waals surface area contributed by atoms with Gasteiger partial charge in [-0.05, 0) is 61.1 Å². The summed E-state index contributed by atoms with van der Waals surface area (Å²) < 4.78 is 11.4. The molecule has 2 aromatic rings. The van der Waals surface area contributed by atoms with Gasteiger partial charge < -0.3 is 20.1 Å². The van der Waals surface area contributed by atoms with Gasteiger partial charge in [-0.25, -0.2) is 0 Å². The van der Waals surface area contributed by atoms with Crippen molar-refractivity contribution in [2.75, 3.05) is 26.3 Å². The quantitative estimate of drug-likeness (QED) is 0.443. The third kappa shape index (κ3) is 9.41. The summed E-state index contributed by atoms with van der Waals surface area (Å²) in [5.74, 6) is 2.10. The fraction of sp³-hybridized carbons (Fsp3) is 0.462. The van der Waals surface area contributed by atoms with Gasteiger partial charge in [-0.1, -0.05) is 39.8 Å². The van der Waals surface area contributed by atoms with Gasteiger partial charge in [0.15, 0.2) is 0 Å². The zero-order valence-corrected chi connectivity index (χ0v) is 19.6. The molecule has 0 aliphatic heterocycles. The maximum Gasteiger partial charge on any atom is 0.251 e. The van der Waals surface area contributed by atoms with Gasteiger partial charge >= 0.3 is 0 Å². The van der Waals surface area contributed by atoms with Crippen molar-refractivity contribution in [3.8, 4) is 11.5 Å². The van der Waals surface area contributed by atoms with Crippen LogP contribution in [0.4, 0.5) is 0 Å². The summed E-state index contributed by atoms with van der Waals surface area (Å²) in [6.45, 7) is 10.5. The van der Waals surface area contributed by atoms with Crippen LogP contribution in [0.5, 0.6) is 11.5 Å². The van der Waals surface area contributed by atoms with Crippen LogP contribution in [-0.2, 0) is 0 Å². The van der Waals surface area contributed by atoms with Gasteiger partial charge in [-0.15, -0.1) is 0 Å². The Kier molecular flexibility index (Phi) is 10.6. The SMILES string of the molecule is CC(C)CCOc1cccc(C(=O)NCCNC(=O)c2cccc(OCCC(C)C)c2)c1. The molecular weight excluding hydrogens is 404 g/mol. The number of carbonyl (C=O) groups excluding carboxylic acids is 2. The first-order valence-corrected chi connectivity index (χ1v) is 11.4. The smallest absolute Gasteiger partial charge is 0.251 e.